The van der Waals surface area contributed by atoms with Crippen LogP contribution in [0.15, 0.2) is 73.1 Å². The smallest absolute Gasteiger partial charge is 0.200 e. The summed E-state index contributed by atoms with van der Waals surface area (Å²) in [4.78, 5) is 26.2. The summed E-state index contributed by atoms with van der Waals surface area (Å²) in [6.07, 6.45) is 8.04. The Kier molecular flexibility index (Phi) is 8.38. The van der Waals surface area contributed by atoms with Gasteiger partial charge in [-0.25, -0.2) is 24.9 Å². The van der Waals surface area contributed by atoms with Gasteiger partial charge in [-0.2, -0.15) is 0 Å². The molecule has 0 amide bonds. The third kappa shape index (κ3) is 6.00. The Balaban J connectivity index is 0.983. The summed E-state index contributed by atoms with van der Waals surface area (Å²) in [6, 6.07) is 21.9. The van der Waals surface area contributed by atoms with E-state index in [0.717, 1.165) is 95.1 Å². The number of aromatic nitrogens is 4. The van der Waals surface area contributed by atoms with Gasteiger partial charge in [0, 0.05) is 62.8 Å². The van der Waals surface area contributed by atoms with Crippen molar-refractivity contribution >= 4 is 64.4 Å². The van der Waals surface area contributed by atoms with Crippen LogP contribution in [-0.2, 0) is 6.54 Å². The third-order valence-corrected chi connectivity index (χ3v) is 11.2. The van der Waals surface area contributed by atoms with E-state index in [9.17, 15) is 0 Å². The lowest BCUT2D eigenvalue weighted by atomic mass is 9.96. The van der Waals surface area contributed by atoms with E-state index in [-0.39, 0.29) is 0 Å². The molecule has 0 aliphatic carbocycles. The van der Waals surface area contributed by atoms with Gasteiger partial charge in [-0.05, 0) is 73.7 Å². The molecule has 2 aromatic carbocycles. The average molecular weight is 651 g/mol. The summed E-state index contributed by atoms with van der Waals surface area (Å²) in [5.74, 6) is 1.01. The number of rotatable bonds is 9. The quantitative estimate of drug-likeness (QED) is 0.175. The number of hydrazine groups is 1. The standard InChI is InChI=1S/C35H38N8OS2/c1-2-44-31-12-11-24-7-3-4-8-27(24)28(31)23-41-19-13-25(14-20-41)43(35-39-30-10-6-18-37-33(30)46-35)26-15-21-42(22-16-26)40-34-38-29-9-5-17-36-32(29)45-34/h3-12,17-18,25-26H,2,13-16,19-23H2,1H3,(H,38,40). The van der Waals surface area contributed by atoms with Gasteiger partial charge in [-0.3, -0.25) is 10.3 Å². The summed E-state index contributed by atoms with van der Waals surface area (Å²) in [5.41, 5.74) is 6.81. The number of pyridine rings is 2. The molecule has 2 aliphatic heterocycles. The van der Waals surface area contributed by atoms with Crippen LogP contribution in [0, 0.1) is 0 Å². The van der Waals surface area contributed by atoms with Gasteiger partial charge < -0.3 is 9.64 Å². The molecule has 9 nitrogen and oxygen atoms in total. The largest absolute Gasteiger partial charge is 0.494 e. The van der Waals surface area contributed by atoms with Gasteiger partial charge in [-0.15, -0.1) is 0 Å². The van der Waals surface area contributed by atoms with Crippen LogP contribution in [0.3, 0.4) is 0 Å². The van der Waals surface area contributed by atoms with Gasteiger partial charge >= 0.3 is 0 Å². The fourth-order valence-corrected chi connectivity index (χ4v) is 8.92. The van der Waals surface area contributed by atoms with E-state index in [1.54, 1.807) is 22.7 Å². The molecule has 0 spiro atoms. The number of ether oxygens (including phenoxy) is 1. The van der Waals surface area contributed by atoms with Crippen molar-refractivity contribution < 1.29 is 4.74 Å². The number of benzene rings is 2. The van der Waals surface area contributed by atoms with Crippen LogP contribution in [0.4, 0.5) is 10.3 Å². The molecule has 0 bridgehead atoms. The van der Waals surface area contributed by atoms with Crippen molar-refractivity contribution in [1.29, 1.82) is 0 Å². The number of anilines is 2. The van der Waals surface area contributed by atoms with Crippen molar-refractivity contribution in [1.82, 2.24) is 29.8 Å². The second kappa shape index (κ2) is 13.1. The SMILES string of the molecule is CCOc1ccc2ccccc2c1CN1CCC(N(c2nc3cccnc3s2)C2CCN(Nc3nc4cccnc4s3)CC2)CC1. The number of hydrogen-bond donors (Lipinski definition) is 1. The van der Waals surface area contributed by atoms with Crippen molar-refractivity contribution in [3.8, 4) is 5.75 Å². The number of thiazole rings is 2. The summed E-state index contributed by atoms with van der Waals surface area (Å²) in [6.45, 7) is 7.64. The third-order valence-electron chi connectivity index (χ3n) is 9.28. The summed E-state index contributed by atoms with van der Waals surface area (Å²) in [5, 5.41) is 6.90. The molecular weight excluding hydrogens is 613 g/mol. The fraction of sp³-hybridized carbons (Fsp3) is 0.371. The second-order valence-corrected chi connectivity index (χ2v) is 14.0. The minimum Gasteiger partial charge on any atom is -0.494 e. The molecule has 1 N–H and O–H groups in total. The maximum atomic E-state index is 6.11. The molecule has 8 rings (SSSR count). The molecule has 2 fully saturated rings. The Bertz CT molecular complexity index is 1880. The minimum absolute atomic E-state index is 0.426. The first-order valence-electron chi connectivity index (χ1n) is 16.3. The number of hydrogen-bond acceptors (Lipinski definition) is 11. The van der Waals surface area contributed by atoms with E-state index in [4.69, 9.17) is 14.7 Å². The monoisotopic (exact) mass is 650 g/mol. The lowest BCUT2D eigenvalue weighted by Crippen LogP contribution is -2.53. The Morgan fingerprint density at radius 2 is 1.50 bits per heavy atom. The first-order chi connectivity index (χ1) is 22.7. The number of fused-ring (bicyclic) bond motifs is 3. The van der Waals surface area contributed by atoms with Gasteiger partial charge in [0.05, 0.1) is 6.61 Å². The molecule has 4 aromatic heterocycles. The van der Waals surface area contributed by atoms with Crippen molar-refractivity contribution in [2.75, 3.05) is 43.1 Å². The van der Waals surface area contributed by atoms with Crippen LogP contribution < -0.4 is 15.1 Å². The Hall–Kier alpha value is -3.90. The van der Waals surface area contributed by atoms with E-state index in [1.165, 1.54) is 16.3 Å². The van der Waals surface area contributed by atoms with Gasteiger partial charge in [0.2, 0.25) is 0 Å². The highest BCUT2D eigenvalue weighted by molar-refractivity contribution is 7.22. The van der Waals surface area contributed by atoms with Crippen LogP contribution in [0.25, 0.3) is 31.5 Å². The average Bonchev–Trinajstić information content (AvgIpc) is 3.71. The number of nitrogens with zero attached hydrogens (tertiary/aromatic N) is 7. The molecule has 11 heteroatoms. The van der Waals surface area contributed by atoms with E-state index in [2.05, 4.69) is 79.6 Å². The molecular formula is C35H38N8OS2. The van der Waals surface area contributed by atoms with Crippen LogP contribution in [0.5, 0.6) is 5.75 Å². The van der Waals surface area contributed by atoms with E-state index in [1.807, 2.05) is 30.6 Å². The van der Waals surface area contributed by atoms with Crippen molar-refractivity contribution in [2.45, 2.75) is 51.2 Å². The van der Waals surface area contributed by atoms with Gasteiger partial charge in [0.1, 0.15) is 26.4 Å². The van der Waals surface area contributed by atoms with E-state index >= 15 is 0 Å². The molecule has 46 heavy (non-hydrogen) atoms. The van der Waals surface area contributed by atoms with Gasteiger partial charge in [-0.1, -0.05) is 53.0 Å². The zero-order valence-corrected chi connectivity index (χ0v) is 27.6. The lowest BCUT2D eigenvalue weighted by molar-refractivity contribution is 0.183. The molecule has 6 aromatic rings. The molecule has 2 saturated heterocycles. The predicted molar refractivity (Wildman–Crippen MR) is 189 cm³/mol. The lowest BCUT2D eigenvalue weighted by Gasteiger charge is -2.45. The Morgan fingerprint density at radius 3 is 2.22 bits per heavy atom. The summed E-state index contributed by atoms with van der Waals surface area (Å²) >= 11 is 3.35. The summed E-state index contributed by atoms with van der Waals surface area (Å²) in [7, 11) is 0. The Morgan fingerprint density at radius 1 is 0.804 bits per heavy atom. The summed E-state index contributed by atoms with van der Waals surface area (Å²) < 4.78 is 6.11. The fourth-order valence-electron chi connectivity index (χ4n) is 7.04. The molecule has 2 aliphatic rings. The van der Waals surface area contributed by atoms with Crippen LogP contribution in [0.2, 0.25) is 0 Å². The zero-order valence-electron chi connectivity index (χ0n) is 26.0. The molecule has 236 valence electrons. The molecule has 0 saturated carbocycles. The maximum Gasteiger partial charge on any atom is 0.200 e. The maximum absolute atomic E-state index is 6.11. The van der Waals surface area contributed by atoms with Crippen LogP contribution >= 0.6 is 22.7 Å². The number of nitrogens with one attached hydrogen (secondary N) is 1. The zero-order chi connectivity index (χ0) is 30.9. The normalized spacial score (nSPS) is 17.2. The molecule has 0 atom stereocenters. The number of piperidine rings is 2. The van der Waals surface area contributed by atoms with E-state index in [0.29, 0.717) is 18.7 Å². The first kappa shape index (κ1) is 29.5. The molecule has 6 heterocycles. The second-order valence-electron chi connectivity index (χ2n) is 12.1. The van der Waals surface area contributed by atoms with Crippen molar-refractivity contribution in [2.24, 2.45) is 0 Å². The molecule has 0 radical (unpaired) electrons. The van der Waals surface area contributed by atoms with E-state index < -0.39 is 0 Å². The van der Waals surface area contributed by atoms with Gasteiger partial charge in [0.15, 0.2) is 10.3 Å². The predicted octanol–water partition coefficient (Wildman–Crippen LogP) is 7.21. The van der Waals surface area contributed by atoms with Gasteiger partial charge in [0.25, 0.3) is 0 Å². The Labute approximate surface area is 276 Å². The van der Waals surface area contributed by atoms with Crippen LogP contribution in [0.1, 0.15) is 38.2 Å². The highest BCUT2D eigenvalue weighted by Gasteiger charge is 2.34. The number of likely N-dealkylation sites (tertiary alicyclic amines) is 1. The first-order valence-corrected chi connectivity index (χ1v) is 17.9. The minimum atomic E-state index is 0.426. The highest BCUT2D eigenvalue weighted by atomic mass is 32.1. The van der Waals surface area contributed by atoms with Crippen LogP contribution in [-0.4, -0.2) is 74.7 Å². The highest BCUT2D eigenvalue weighted by Crippen LogP contribution is 2.37. The van der Waals surface area contributed by atoms with Crippen molar-refractivity contribution in [3.63, 3.8) is 0 Å². The molecule has 0 unspecified atom stereocenters. The topological polar surface area (TPSA) is 82.5 Å². The van der Waals surface area contributed by atoms with Crippen molar-refractivity contribution in [3.05, 3.63) is 78.6 Å².